The van der Waals surface area contributed by atoms with Crippen LogP contribution in [0.5, 0.6) is 11.8 Å². The summed E-state index contributed by atoms with van der Waals surface area (Å²) in [6.07, 6.45) is 6.56. The summed E-state index contributed by atoms with van der Waals surface area (Å²) in [7, 11) is 3.82. The highest BCUT2D eigenvalue weighted by atomic mass is 19.1. The SMILES string of the molecule is CNc1cc(F)cc2c1[nH]c1nc(Oc3cnc(C)nc3)nc(N3CC4CCC3CC4NC)c12. The third-order valence-electron chi connectivity index (χ3n) is 7.20. The van der Waals surface area contributed by atoms with Gasteiger partial charge in [-0.2, -0.15) is 9.97 Å². The molecular formula is C24H27FN8O. The molecule has 0 radical (unpaired) electrons. The van der Waals surface area contributed by atoms with Crippen LogP contribution in [0.2, 0.25) is 0 Å². The lowest BCUT2D eigenvalue weighted by Crippen LogP contribution is -2.57. The van der Waals surface area contributed by atoms with Gasteiger partial charge in [-0.3, -0.25) is 0 Å². The molecular weight excluding hydrogens is 435 g/mol. The minimum absolute atomic E-state index is 0.208. The van der Waals surface area contributed by atoms with Crippen LogP contribution in [0.15, 0.2) is 24.5 Å². The normalized spacial score (nSPS) is 22.0. The lowest BCUT2D eigenvalue weighted by molar-refractivity contribution is 0.193. The smallest absolute Gasteiger partial charge is 0.326 e. The number of aromatic amines is 1. The zero-order valence-electron chi connectivity index (χ0n) is 19.4. The van der Waals surface area contributed by atoms with Crippen molar-refractivity contribution in [3.63, 3.8) is 0 Å². The van der Waals surface area contributed by atoms with Crippen LogP contribution in [0.1, 0.15) is 25.1 Å². The van der Waals surface area contributed by atoms with E-state index in [4.69, 9.17) is 9.72 Å². The largest absolute Gasteiger partial charge is 0.421 e. The summed E-state index contributed by atoms with van der Waals surface area (Å²) in [5, 5.41) is 8.13. The van der Waals surface area contributed by atoms with Gasteiger partial charge in [-0.1, -0.05) is 0 Å². The molecule has 3 unspecified atom stereocenters. The van der Waals surface area contributed by atoms with Gasteiger partial charge < -0.3 is 25.3 Å². The Morgan fingerprint density at radius 1 is 1.15 bits per heavy atom. The van der Waals surface area contributed by atoms with Crippen LogP contribution in [0.4, 0.5) is 15.9 Å². The molecule has 10 heteroatoms. The first kappa shape index (κ1) is 21.0. The van der Waals surface area contributed by atoms with Crippen LogP contribution in [0.25, 0.3) is 21.9 Å². The highest BCUT2D eigenvalue weighted by Gasteiger charge is 2.41. The molecule has 4 aromatic rings. The van der Waals surface area contributed by atoms with Gasteiger partial charge in [0.25, 0.3) is 0 Å². The van der Waals surface area contributed by atoms with Crippen LogP contribution >= 0.6 is 0 Å². The zero-order valence-corrected chi connectivity index (χ0v) is 19.4. The molecule has 0 amide bonds. The van der Waals surface area contributed by atoms with Crippen molar-refractivity contribution in [2.45, 2.75) is 38.3 Å². The van der Waals surface area contributed by atoms with Crippen molar-refractivity contribution in [3.05, 3.63) is 36.2 Å². The topological polar surface area (TPSA) is 104 Å². The molecule has 2 saturated heterocycles. The van der Waals surface area contributed by atoms with E-state index < -0.39 is 0 Å². The quantitative estimate of drug-likeness (QED) is 0.412. The summed E-state index contributed by atoms with van der Waals surface area (Å²) in [5.41, 5.74) is 2.07. The second-order valence-electron chi connectivity index (χ2n) is 9.15. The standard InChI is InChI=1S/C24H27FN8O/c1-12-28-9-16(10-29-12)34-24-31-22-20(17-6-14(25)7-19(27-3)21(17)30-22)23(32-24)33-11-13-4-5-15(33)8-18(13)26-2/h6-7,9-10,13,15,18,26-27H,4-5,8,11H2,1-3H3,(H,30,31,32). The van der Waals surface area contributed by atoms with E-state index in [0.717, 1.165) is 41.5 Å². The summed E-state index contributed by atoms with van der Waals surface area (Å²) in [6, 6.07) is 4.09. The fraction of sp³-hybridized carbons (Fsp3) is 0.417. The number of rotatable bonds is 5. The van der Waals surface area contributed by atoms with E-state index in [-0.39, 0.29) is 11.8 Å². The number of halogens is 1. The molecule has 1 aromatic carbocycles. The number of H-pyrrole nitrogens is 1. The van der Waals surface area contributed by atoms with E-state index in [2.05, 4.69) is 35.5 Å². The van der Waals surface area contributed by atoms with Gasteiger partial charge in [0, 0.05) is 31.1 Å². The Kier molecular flexibility index (Phi) is 4.98. The first-order chi connectivity index (χ1) is 16.5. The fourth-order valence-corrected chi connectivity index (χ4v) is 5.54. The van der Waals surface area contributed by atoms with Crippen LogP contribution in [-0.2, 0) is 0 Å². The third-order valence-corrected chi connectivity index (χ3v) is 7.20. The van der Waals surface area contributed by atoms with Crippen molar-refractivity contribution < 1.29 is 9.13 Å². The van der Waals surface area contributed by atoms with Crippen molar-refractivity contribution in [2.24, 2.45) is 5.92 Å². The minimum atomic E-state index is -0.309. The summed E-state index contributed by atoms with van der Waals surface area (Å²) in [6.45, 7) is 2.70. The lowest BCUT2D eigenvalue weighted by atomic mass is 9.76. The number of benzene rings is 1. The van der Waals surface area contributed by atoms with Gasteiger partial charge in [0.15, 0.2) is 5.75 Å². The molecule has 2 bridgehead atoms. The Balaban J connectivity index is 1.53. The molecule has 3 aliphatic rings. The van der Waals surface area contributed by atoms with E-state index in [1.54, 1.807) is 25.5 Å². The van der Waals surface area contributed by atoms with Crippen LogP contribution in [-0.4, -0.2) is 57.6 Å². The molecule has 3 aromatic heterocycles. The maximum Gasteiger partial charge on any atom is 0.326 e. The van der Waals surface area contributed by atoms with E-state index in [1.807, 2.05) is 14.0 Å². The van der Waals surface area contributed by atoms with Gasteiger partial charge in [0.1, 0.15) is 23.1 Å². The fourth-order valence-electron chi connectivity index (χ4n) is 5.54. The Labute approximate surface area is 196 Å². The highest BCUT2D eigenvalue weighted by molar-refractivity contribution is 6.14. The number of piperidine rings is 2. The van der Waals surface area contributed by atoms with Gasteiger partial charge in [-0.25, -0.2) is 14.4 Å². The van der Waals surface area contributed by atoms with Gasteiger partial charge >= 0.3 is 6.01 Å². The molecule has 0 spiro atoms. The number of hydrogen-bond donors (Lipinski definition) is 3. The predicted molar refractivity (Wildman–Crippen MR) is 129 cm³/mol. The van der Waals surface area contributed by atoms with Gasteiger partial charge in [0.05, 0.1) is 29.0 Å². The molecule has 34 heavy (non-hydrogen) atoms. The van der Waals surface area contributed by atoms with Gasteiger partial charge in [0.2, 0.25) is 0 Å². The first-order valence-corrected chi connectivity index (χ1v) is 11.6. The molecule has 3 fully saturated rings. The van der Waals surface area contributed by atoms with Crippen LogP contribution in [0.3, 0.4) is 0 Å². The summed E-state index contributed by atoms with van der Waals surface area (Å²) in [4.78, 5) is 23.7. The molecule has 3 N–H and O–H groups in total. The maximum absolute atomic E-state index is 14.6. The molecule has 2 aliphatic heterocycles. The molecule has 7 rings (SSSR count). The van der Waals surface area contributed by atoms with Crippen LogP contribution in [0, 0.1) is 18.7 Å². The Hall–Kier alpha value is -3.53. The van der Waals surface area contributed by atoms with Crippen molar-refractivity contribution in [2.75, 3.05) is 30.9 Å². The van der Waals surface area contributed by atoms with E-state index >= 15 is 0 Å². The number of anilines is 2. The summed E-state index contributed by atoms with van der Waals surface area (Å²) >= 11 is 0. The molecule has 1 saturated carbocycles. The third kappa shape index (κ3) is 3.40. The number of hydrogen-bond acceptors (Lipinski definition) is 8. The molecule has 3 atom stereocenters. The minimum Gasteiger partial charge on any atom is -0.421 e. The van der Waals surface area contributed by atoms with Crippen molar-refractivity contribution in [1.29, 1.82) is 0 Å². The average molecular weight is 463 g/mol. The molecule has 9 nitrogen and oxygen atoms in total. The second-order valence-corrected chi connectivity index (χ2v) is 9.15. The van der Waals surface area contributed by atoms with E-state index in [0.29, 0.717) is 40.9 Å². The molecule has 176 valence electrons. The predicted octanol–water partition coefficient (Wildman–Crippen LogP) is 3.76. The van der Waals surface area contributed by atoms with Crippen molar-refractivity contribution >= 4 is 33.4 Å². The number of aryl methyl sites for hydroxylation is 1. The number of aromatic nitrogens is 5. The monoisotopic (exact) mass is 462 g/mol. The van der Waals surface area contributed by atoms with Crippen molar-refractivity contribution in [1.82, 2.24) is 30.2 Å². The van der Waals surface area contributed by atoms with E-state index in [9.17, 15) is 4.39 Å². The molecule has 5 heterocycles. The average Bonchev–Trinajstić information content (AvgIpc) is 3.22. The number of nitrogens with zero attached hydrogens (tertiary/aromatic N) is 5. The van der Waals surface area contributed by atoms with Gasteiger partial charge in [-0.05, 0) is 51.3 Å². The lowest BCUT2D eigenvalue weighted by Gasteiger charge is -2.50. The first-order valence-electron chi connectivity index (χ1n) is 11.6. The Morgan fingerprint density at radius 3 is 2.68 bits per heavy atom. The van der Waals surface area contributed by atoms with Crippen LogP contribution < -0.4 is 20.3 Å². The molecule has 1 aliphatic carbocycles. The number of ether oxygens (including phenoxy) is 1. The number of nitrogens with one attached hydrogen (secondary N) is 3. The Bertz CT molecular complexity index is 1370. The summed E-state index contributed by atoms with van der Waals surface area (Å²) < 4.78 is 20.5. The highest BCUT2D eigenvalue weighted by Crippen LogP contribution is 2.43. The van der Waals surface area contributed by atoms with Gasteiger partial charge in [-0.15, -0.1) is 0 Å². The summed E-state index contributed by atoms with van der Waals surface area (Å²) in [5.74, 6) is 2.12. The zero-order chi connectivity index (χ0) is 23.4. The maximum atomic E-state index is 14.6. The van der Waals surface area contributed by atoms with E-state index in [1.165, 1.54) is 12.5 Å². The van der Waals surface area contributed by atoms with Crippen molar-refractivity contribution in [3.8, 4) is 11.8 Å². The second kappa shape index (κ2) is 8.05. The Morgan fingerprint density at radius 2 is 1.97 bits per heavy atom. The number of fused-ring (bicyclic) bond motifs is 6.